The molecule has 0 aliphatic carbocycles. The maximum Gasteiger partial charge on any atom is 0.430 e. The van der Waals surface area contributed by atoms with Gasteiger partial charge in [0.15, 0.2) is 0 Å². The second kappa shape index (κ2) is 5.11. The Morgan fingerprint density at radius 2 is 2.17 bits per heavy atom. The number of hydrogen-bond acceptors (Lipinski definition) is 2. The molecule has 0 saturated carbocycles. The Balaban J connectivity index is 3.20. The van der Waals surface area contributed by atoms with Gasteiger partial charge in [0.05, 0.1) is 0 Å². The van der Waals surface area contributed by atoms with Gasteiger partial charge in [-0.05, 0) is 6.07 Å². The van der Waals surface area contributed by atoms with Gasteiger partial charge in [-0.3, -0.25) is 9.59 Å². The summed E-state index contributed by atoms with van der Waals surface area (Å²) in [6.07, 6.45) is -3.26. The number of nitrogens with one attached hydrogen (secondary N) is 2. The van der Waals surface area contributed by atoms with Gasteiger partial charge in [0, 0.05) is 6.54 Å². The molecule has 0 fully saturated rings. The summed E-state index contributed by atoms with van der Waals surface area (Å²) in [5.41, 5.74) is -2.80. The van der Waals surface area contributed by atoms with Gasteiger partial charge in [0.25, 0.3) is 11.5 Å². The van der Waals surface area contributed by atoms with Gasteiger partial charge in [-0.2, -0.15) is 13.2 Å². The zero-order valence-corrected chi connectivity index (χ0v) is 9.52. The van der Waals surface area contributed by atoms with Gasteiger partial charge in [-0.1, -0.05) is 11.5 Å². The number of halogens is 3. The molecule has 18 heavy (non-hydrogen) atoms. The van der Waals surface area contributed by atoms with Gasteiger partial charge >= 0.3 is 6.18 Å². The molecule has 0 unspecified atom stereocenters. The van der Waals surface area contributed by atoms with Crippen molar-refractivity contribution >= 4 is 19.2 Å². The first-order chi connectivity index (χ1) is 8.27. The lowest BCUT2D eigenvalue weighted by atomic mass is 9.92. The molecule has 8 heteroatoms. The van der Waals surface area contributed by atoms with Crippen molar-refractivity contribution in [3.05, 3.63) is 40.3 Å². The maximum atomic E-state index is 12.5. The molecule has 96 valence electrons. The Labute approximate surface area is 101 Å². The summed E-state index contributed by atoms with van der Waals surface area (Å²) in [6.45, 7) is 3.49. The Bertz CT molecular complexity index is 537. The summed E-state index contributed by atoms with van der Waals surface area (Å²) >= 11 is 0. The van der Waals surface area contributed by atoms with Crippen LogP contribution in [0.1, 0.15) is 16.1 Å². The van der Waals surface area contributed by atoms with Crippen molar-refractivity contribution < 1.29 is 18.0 Å². The zero-order chi connectivity index (χ0) is 13.9. The first kappa shape index (κ1) is 14.1. The molecule has 1 amide bonds. The number of H-pyrrole nitrogens is 1. The number of carbonyl (C=O) groups excluding carboxylic acids is 1. The average Bonchev–Trinajstić information content (AvgIpc) is 2.27. The van der Waals surface area contributed by atoms with E-state index >= 15 is 0 Å². The van der Waals surface area contributed by atoms with Gasteiger partial charge in [-0.25, -0.2) is 0 Å². The average molecular weight is 258 g/mol. The minimum atomic E-state index is -4.65. The number of aromatic nitrogens is 1. The minimum Gasteiger partial charge on any atom is -0.348 e. The van der Waals surface area contributed by atoms with Crippen molar-refractivity contribution in [2.24, 2.45) is 0 Å². The van der Waals surface area contributed by atoms with Crippen molar-refractivity contribution in [3.8, 4) is 0 Å². The van der Waals surface area contributed by atoms with E-state index in [-0.39, 0.29) is 17.6 Å². The number of carbonyl (C=O) groups is 1. The van der Waals surface area contributed by atoms with Crippen molar-refractivity contribution in [1.29, 1.82) is 0 Å². The summed E-state index contributed by atoms with van der Waals surface area (Å²) in [5.74, 6) is -0.743. The second-order valence-corrected chi connectivity index (χ2v) is 3.57. The van der Waals surface area contributed by atoms with Crippen molar-refractivity contribution in [3.63, 3.8) is 0 Å². The van der Waals surface area contributed by atoms with E-state index in [2.05, 4.69) is 11.9 Å². The van der Waals surface area contributed by atoms with Gasteiger partial charge in [-0.15, -0.1) is 6.58 Å². The number of hydrogen-bond donors (Lipinski definition) is 2. The van der Waals surface area contributed by atoms with Crippen LogP contribution in [0.3, 0.4) is 0 Å². The fourth-order valence-electron chi connectivity index (χ4n) is 1.36. The van der Waals surface area contributed by atoms with E-state index in [0.717, 1.165) is 6.07 Å². The Kier molecular flexibility index (Phi) is 4.00. The molecular weight excluding hydrogens is 248 g/mol. The van der Waals surface area contributed by atoms with Crippen molar-refractivity contribution in [2.75, 3.05) is 6.54 Å². The molecule has 1 aromatic rings. The molecule has 0 bridgehead atoms. The van der Waals surface area contributed by atoms with Crippen LogP contribution in [-0.2, 0) is 6.18 Å². The lowest BCUT2D eigenvalue weighted by Gasteiger charge is -2.11. The smallest absolute Gasteiger partial charge is 0.348 e. The minimum absolute atomic E-state index is 0.123. The zero-order valence-electron chi connectivity index (χ0n) is 9.52. The molecule has 0 saturated heterocycles. The highest BCUT2D eigenvalue weighted by atomic mass is 19.4. The molecular formula is C10H10BF3N2O2. The molecule has 2 N–H and O–H groups in total. The monoisotopic (exact) mass is 258 g/mol. The molecule has 0 radical (unpaired) electrons. The predicted octanol–water partition coefficient (Wildman–Crippen LogP) is -0.432. The number of rotatable bonds is 3. The van der Waals surface area contributed by atoms with Crippen LogP contribution >= 0.6 is 0 Å². The van der Waals surface area contributed by atoms with E-state index in [1.54, 1.807) is 4.98 Å². The summed E-state index contributed by atoms with van der Waals surface area (Å²) in [7, 11) is 1.17. The maximum absolute atomic E-state index is 12.5. The van der Waals surface area contributed by atoms with E-state index < -0.39 is 23.3 Å². The molecule has 1 rings (SSSR count). The van der Waals surface area contributed by atoms with Crippen LogP contribution in [0.15, 0.2) is 23.5 Å². The van der Waals surface area contributed by atoms with Crippen LogP contribution in [0, 0.1) is 0 Å². The molecule has 0 atom stereocenters. The van der Waals surface area contributed by atoms with Crippen LogP contribution in [0.25, 0.3) is 0 Å². The summed E-state index contributed by atoms with van der Waals surface area (Å²) in [6, 6.07) is 0.917. The highest BCUT2D eigenvalue weighted by Gasteiger charge is 2.34. The summed E-state index contributed by atoms with van der Waals surface area (Å²) < 4.78 is 37.4. The largest absolute Gasteiger partial charge is 0.430 e. The van der Waals surface area contributed by atoms with Crippen LogP contribution in [0.4, 0.5) is 13.2 Å². The SMILES string of the molecule is Bc1cc(C(=O)NCC=C)c(=O)[nH]c1C(F)(F)F. The van der Waals surface area contributed by atoms with Crippen molar-refractivity contribution in [1.82, 2.24) is 10.3 Å². The Hall–Kier alpha value is -1.99. The van der Waals surface area contributed by atoms with Crippen LogP contribution < -0.4 is 16.3 Å². The lowest BCUT2D eigenvalue weighted by Crippen LogP contribution is -2.35. The topological polar surface area (TPSA) is 62.0 Å². The molecule has 1 aromatic heterocycles. The predicted molar refractivity (Wildman–Crippen MR) is 62.8 cm³/mol. The number of alkyl halides is 3. The van der Waals surface area contributed by atoms with Crippen LogP contribution in [0.5, 0.6) is 0 Å². The highest BCUT2D eigenvalue weighted by Crippen LogP contribution is 2.25. The highest BCUT2D eigenvalue weighted by molar-refractivity contribution is 6.33. The second-order valence-electron chi connectivity index (χ2n) is 3.57. The van der Waals surface area contributed by atoms with Crippen molar-refractivity contribution in [2.45, 2.75) is 6.18 Å². The van der Waals surface area contributed by atoms with E-state index in [9.17, 15) is 22.8 Å². The molecule has 4 nitrogen and oxygen atoms in total. The Morgan fingerprint density at radius 1 is 1.56 bits per heavy atom. The summed E-state index contributed by atoms with van der Waals surface area (Å²) in [4.78, 5) is 24.6. The first-order valence-electron chi connectivity index (χ1n) is 4.97. The molecule has 0 spiro atoms. The summed E-state index contributed by atoms with van der Waals surface area (Å²) in [5, 5.41) is 2.32. The third-order valence-corrected chi connectivity index (χ3v) is 2.17. The number of aromatic amines is 1. The van der Waals surface area contributed by atoms with E-state index in [0.29, 0.717) is 0 Å². The van der Waals surface area contributed by atoms with Crippen LogP contribution in [-0.4, -0.2) is 25.3 Å². The fraction of sp³-hybridized carbons (Fsp3) is 0.200. The molecule has 0 aliphatic heterocycles. The lowest BCUT2D eigenvalue weighted by molar-refractivity contribution is -0.140. The molecule has 0 aliphatic rings. The first-order valence-corrected chi connectivity index (χ1v) is 4.97. The third kappa shape index (κ3) is 3.02. The van der Waals surface area contributed by atoms with Gasteiger partial charge in [0.2, 0.25) is 0 Å². The number of amides is 1. The van der Waals surface area contributed by atoms with E-state index in [4.69, 9.17) is 0 Å². The molecule has 1 heterocycles. The molecule has 0 aromatic carbocycles. The fourth-order valence-corrected chi connectivity index (χ4v) is 1.36. The third-order valence-electron chi connectivity index (χ3n) is 2.17. The standard InChI is InChI=1S/C10H10BF3N2O2/c1-2-3-15-8(17)5-4-6(11)7(10(12,13)14)16-9(5)18/h2,4H,1,3,11H2,(H,15,17)(H,16,18). The normalized spacial score (nSPS) is 11.1. The van der Waals surface area contributed by atoms with E-state index in [1.165, 1.54) is 13.9 Å². The van der Waals surface area contributed by atoms with Gasteiger partial charge < -0.3 is 10.3 Å². The van der Waals surface area contributed by atoms with Gasteiger partial charge in [0.1, 0.15) is 19.1 Å². The van der Waals surface area contributed by atoms with Crippen LogP contribution in [0.2, 0.25) is 0 Å². The van der Waals surface area contributed by atoms with E-state index in [1.807, 2.05) is 0 Å². The number of pyridine rings is 1. The quantitative estimate of drug-likeness (QED) is 0.570. The Morgan fingerprint density at radius 3 is 2.67 bits per heavy atom.